The molecular weight excluding hydrogens is 373 g/mol. The van der Waals surface area contributed by atoms with Crippen molar-refractivity contribution in [3.63, 3.8) is 0 Å². The molecule has 1 aromatic heterocycles. The second-order valence-corrected chi connectivity index (χ2v) is 5.76. The van der Waals surface area contributed by atoms with Crippen molar-refractivity contribution in [3.05, 3.63) is 87.7 Å². The van der Waals surface area contributed by atoms with Gasteiger partial charge >= 0.3 is 6.18 Å². The third-order valence-electron chi connectivity index (χ3n) is 3.88. The third kappa shape index (κ3) is 4.10. The van der Waals surface area contributed by atoms with E-state index in [4.69, 9.17) is 4.42 Å². The van der Waals surface area contributed by atoms with Gasteiger partial charge in [0.25, 0.3) is 5.69 Å². The molecule has 0 unspecified atom stereocenters. The molecule has 3 aromatic rings. The Morgan fingerprint density at radius 1 is 1.11 bits per heavy atom. The SMILES string of the molecule is N#CC(=Cc1ccc(-c2cccc(C(F)(F)F)c2)o1)c1cccc([N+](=O)[O-])c1. The highest BCUT2D eigenvalue weighted by Gasteiger charge is 2.30. The number of nitriles is 1. The van der Waals surface area contributed by atoms with Crippen LogP contribution in [0.2, 0.25) is 0 Å². The topological polar surface area (TPSA) is 80.1 Å². The van der Waals surface area contributed by atoms with E-state index in [9.17, 15) is 28.5 Å². The molecule has 0 saturated carbocycles. The highest BCUT2D eigenvalue weighted by Crippen LogP contribution is 2.33. The molecule has 0 N–H and O–H groups in total. The smallest absolute Gasteiger partial charge is 0.416 e. The van der Waals surface area contributed by atoms with E-state index in [0.29, 0.717) is 5.56 Å². The normalized spacial score (nSPS) is 11.9. The number of allylic oxidation sites excluding steroid dienone is 1. The number of benzene rings is 2. The molecule has 5 nitrogen and oxygen atoms in total. The van der Waals surface area contributed by atoms with Gasteiger partial charge in [-0.05, 0) is 35.9 Å². The first-order valence-corrected chi connectivity index (χ1v) is 7.92. The van der Waals surface area contributed by atoms with Gasteiger partial charge in [0.05, 0.1) is 22.1 Å². The molecule has 8 heteroatoms. The fraction of sp³-hybridized carbons (Fsp3) is 0.0500. The molecule has 0 saturated heterocycles. The summed E-state index contributed by atoms with van der Waals surface area (Å²) in [7, 11) is 0. The summed E-state index contributed by atoms with van der Waals surface area (Å²) in [6.07, 6.45) is -3.10. The summed E-state index contributed by atoms with van der Waals surface area (Å²) in [6.45, 7) is 0. The first-order chi connectivity index (χ1) is 13.3. The van der Waals surface area contributed by atoms with E-state index in [1.165, 1.54) is 48.5 Å². The largest absolute Gasteiger partial charge is 0.457 e. The van der Waals surface area contributed by atoms with Gasteiger partial charge in [0, 0.05) is 17.7 Å². The van der Waals surface area contributed by atoms with Crippen molar-refractivity contribution in [1.29, 1.82) is 5.26 Å². The van der Waals surface area contributed by atoms with Crippen molar-refractivity contribution in [1.82, 2.24) is 0 Å². The molecule has 3 rings (SSSR count). The number of rotatable bonds is 4. The minimum absolute atomic E-state index is 0.119. The van der Waals surface area contributed by atoms with Crippen LogP contribution >= 0.6 is 0 Å². The van der Waals surface area contributed by atoms with Gasteiger partial charge in [-0.1, -0.05) is 24.3 Å². The Labute approximate surface area is 157 Å². The summed E-state index contributed by atoms with van der Waals surface area (Å²) in [5.74, 6) is 0.434. The van der Waals surface area contributed by atoms with Crippen molar-refractivity contribution < 1.29 is 22.5 Å². The minimum atomic E-state index is -4.47. The summed E-state index contributed by atoms with van der Waals surface area (Å²) in [4.78, 5) is 10.3. The zero-order valence-corrected chi connectivity index (χ0v) is 14.1. The third-order valence-corrected chi connectivity index (χ3v) is 3.88. The molecule has 0 fully saturated rings. The molecular formula is C20H11F3N2O3. The summed E-state index contributed by atoms with van der Waals surface area (Å²) in [6, 6.07) is 15.2. The molecule has 140 valence electrons. The molecule has 0 bridgehead atoms. The van der Waals surface area contributed by atoms with Crippen LogP contribution in [-0.2, 0) is 6.18 Å². The summed E-state index contributed by atoms with van der Waals surface area (Å²) in [5, 5.41) is 20.3. The Kier molecular flexibility index (Phi) is 5.00. The van der Waals surface area contributed by atoms with Crippen LogP contribution in [0.4, 0.5) is 18.9 Å². The first kappa shape index (κ1) is 18.9. The fourth-order valence-electron chi connectivity index (χ4n) is 2.54. The van der Waals surface area contributed by atoms with E-state index < -0.39 is 16.7 Å². The van der Waals surface area contributed by atoms with Crippen LogP contribution in [0.5, 0.6) is 0 Å². The number of hydrogen-bond acceptors (Lipinski definition) is 4. The lowest BCUT2D eigenvalue weighted by Crippen LogP contribution is -2.04. The van der Waals surface area contributed by atoms with E-state index in [2.05, 4.69) is 0 Å². The Balaban J connectivity index is 1.94. The van der Waals surface area contributed by atoms with Crippen molar-refractivity contribution >= 4 is 17.3 Å². The lowest BCUT2D eigenvalue weighted by atomic mass is 10.1. The van der Waals surface area contributed by atoms with E-state index in [1.807, 2.05) is 6.07 Å². The van der Waals surface area contributed by atoms with Crippen LogP contribution in [0.25, 0.3) is 23.0 Å². The Morgan fingerprint density at radius 2 is 1.86 bits per heavy atom. The number of non-ortho nitro benzene ring substituents is 1. The van der Waals surface area contributed by atoms with E-state index in [1.54, 1.807) is 6.07 Å². The Morgan fingerprint density at radius 3 is 2.54 bits per heavy atom. The molecule has 2 aromatic carbocycles. The lowest BCUT2D eigenvalue weighted by Gasteiger charge is -2.07. The molecule has 28 heavy (non-hydrogen) atoms. The van der Waals surface area contributed by atoms with Crippen LogP contribution in [0, 0.1) is 21.4 Å². The quantitative estimate of drug-likeness (QED) is 0.317. The van der Waals surface area contributed by atoms with Crippen LogP contribution in [0.15, 0.2) is 65.1 Å². The van der Waals surface area contributed by atoms with Gasteiger partial charge < -0.3 is 4.42 Å². The average molecular weight is 384 g/mol. The van der Waals surface area contributed by atoms with Crippen molar-refractivity contribution in [2.24, 2.45) is 0 Å². The second-order valence-electron chi connectivity index (χ2n) is 5.76. The summed E-state index contributed by atoms with van der Waals surface area (Å²) >= 11 is 0. The van der Waals surface area contributed by atoms with Crippen LogP contribution in [0.1, 0.15) is 16.9 Å². The molecule has 0 aliphatic rings. The van der Waals surface area contributed by atoms with Crippen molar-refractivity contribution in [3.8, 4) is 17.4 Å². The maximum absolute atomic E-state index is 12.9. The predicted octanol–water partition coefficient (Wildman–Crippen LogP) is 5.94. The average Bonchev–Trinajstić information content (AvgIpc) is 3.14. The lowest BCUT2D eigenvalue weighted by molar-refractivity contribution is -0.384. The van der Waals surface area contributed by atoms with E-state index >= 15 is 0 Å². The zero-order chi connectivity index (χ0) is 20.3. The number of hydrogen-bond donors (Lipinski definition) is 0. The Bertz CT molecular complexity index is 1110. The number of alkyl halides is 3. The van der Waals surface area contributed by atoms with Gasteiger partial charge in [-0.15, -0.1) is 0 Å². The van der Waals surface area contributed by atoms with Crippen LogP contribution in [0.3, 0.4) is 0 Å². The number of furan rings is 1. The highest BCUT2D eigenvalue weighted by molar-refractivity contribution is 5.89. The van der Waals surface area contributed by atoms with Crippen LogP contribution < -0.4 is 0 Å². The van der Waals surface area contributed by atoms with Gasteiger partial charge in [0.15, 0.2) is 0 Å². The van der Waals surface area contributed by atoms with Gasteiger partial charge in [-0.2, -0.15) is 18.4 Å². The monoisotopic (exact) mass is 384 g/mol. The molecule has 0 atom stereocenters. The number of nitrogens with zero attached hydrogens (tertiary/aromatic N) is 2. The standard InChI is InChI=1S/C20H11F3N2O3/c21-20(22,23)16-5-1-4-14(9-16)19-8-7-18(28-19)11-15(12-24)13-3-2-6-17(10-13)25(26)27/h1-11H. The van der Waals surface area contributed by atoms with Gasteiger partial charge in [0.1, 0.15) is 11.5 Å². The maximum atomic E-state index is 12.9. The van der Waals surface area contributed by atoms with Crippen molar-refractivity contribution in [2.45, 2.75) is 6.18 Å². The number of nitro benzene ring substituents is 1. The molecule has 0 radical (unpaired) electrons. The summed E-state index contributed by atoms with van der Waals surface area (Å²) in [5.41, 5.74) is -0.277. The molecule has 1 heterocycles. The Hall–Kier alpha value is -3.86. The molecule has 0 spiro atoms. The zero-order valence-electron chi connectivity index (χ0n) is 14.1. The highest BCUT2D eigenvalue weighted by atomic mass is 19.4. The van der Waals surface area contributed by atoms with Gasteiger partial charge in [-0.25, -0.2) is 0 Å². The molecule has 0 aliphatic heterocycles. The maximum Gasteiger partial charge on any atom is 0.416 e. The van der Waals surface area contributed by atoms with E-state index in [0.717, 1.165) is 12.1 Å². The number of halogens is 3. The summed E-state index contributed by atoms with van der Waals surface area (Å²) < 4.78 is 44.1. The van der Waals surface area contributed by atoms with E-state index in [-0.39, 0.29) is 28.3 Å². The van der Waals surface area contributed by atoms with Crippen molar-refractivity contribution in [2.75, 3.05) is 0 Å². The second kappa shape index (κ2) is 7.40. The fourth-order valence-corrected chi connectivity index (χ4v) is 2.54. The molecule has 0 aliphatic carbocycles. The van der Waals surface area contributed by atoms with Gasteiger partial charge in [-0.3, -0.25) is 10.1 Å². The van der Waals surface area contributed by atoms with Gasteiger partial charge in [0.2, 0.25) is 0 Å². The number of nitro groups is 1. The predicted molar refractivity (Wildman–Crippen MR) is 95.7 cm³/mol. The molecule has 0 amide bonds. The first-order valence-electron chi connectivity index (χ1n) is 7.92. The minimum Gasteiger partial charge on any atom is -0.457 e. The van der Waals surface area contributed by atoms with Crippen LogP contribution in [-0.4, -0.2) is 4.92 Å².